The fourth-order valence-corrected chi connectivity index (χ4v) is 2.30. The predicted molar refractivity (Wildman–Crippen MR) is 65.9 cm³/mol. The first-order valence-electron chi connectivity index (χ1n) is 5.88. The van der Waals surface area contributed by atoms with Gasteiger partial charge in [0.05, 0.1) is 0 Å². The molecule has 90 valence electrons. The van der Waals surface area contributed by atoms with Crippen LogP contribution in [0, 0.1) is 11.8 Å². The van der Waals surface area contributed by atoms with Crippen molar-refractivity contribution < 1.29 is 4.74 Å². The van der Waals surface area contributed by atoms with Crippen LogP contribution in [0.15, 0.2) is 0 Å². The molecule has 2 rings (SSSR count). The monoisotopic (exact) mass is 241 g/mol. The summed E-state index contributed by atoms with van der Waals surface area (Å²) in [4.78, 5) is 4.49. The third-order valence-electron chi connectivity index (χ3n) is 2.62. The molecule has 1 aromatic rings. The molecule has 0 spiro atoms. The van der Waals surface area contributed by atoms with Crippen LogP contribution in [0.25, 0.3) is 0 Å². The van der Waals surface area contributed by atoms with Crippen LogP contribution in [-0.4, -0.2) is 29.1 Å². The average molecular weight is 241 g/mol. The minimum Gasteiger partial charge on any atom is -0.381 e. The van der Waals surface area contributed by atoms with E-state index in [1.807, 2.05) is 0 Å². The third-order valence-corrected chi connectivity index (χ3v) is 3.34. The first-order chi connectivity index (χ1) is 7.74. The van der Waals surface area contributed by atoms with Crippen LogP contribution >= 0.6 is 11.5 Å². The molecule has 4 nitrogen and oxygen atoms in total. The summed E-state index contributed by atoms with van der Waals surface area (Å²) in [5.41, 5.74) is 0. The van der Waals surface area contributed by atoms with Crippen LogP contribution in [0.3, 0.4) is 0 Å². The lowest BCUT2D eigenvalue weighted by atomic mass is 10.1. The molecule has 1 aliphatic rings. The summed E-state index contributed by atoms with van der Waals surface area (Å²) >= 11 is 1.46. The maximum absolute atomic E-state index is 5.35. The van der Waals surface area contributed by atoms with E-state index in [0.29, 0.717) is 11.8 Å². The molecule has 1 N–H and O–H groups in total. The largest absolute Gasteiger partial charge is 0.381 e. The fraction of sp³-hybridized carbons (Fsp3) is 0.818. The fourth-order valence-electron chi connectivity index (χ4n) is 1.70. The number of hydrogen-bond acceptors (Lipinski definition) is 5. The molecule has 0 saturated carbocycles. The van der Waals surface area contributed by atoms with Gasteiger partial charge in [0, 0.05) is 37.7 Å². The smallest absolute Gasteiger partial charge is 0.202 e. The van der Waals surface area contributed by atoms with E-state index in [9.17, 15) is 0 Å². The molecule has 5 heteroatoms. The molecule has 1 aromatic heterocycles. The Balaban J connectivity index is 1.81. The molecule has 0 aliphatic carbocycles. The van der Waals surface area contributed by atoms with Gasteiger partial charge in [0.25, 0.3) is 0 Å². The van der Waals surface area contributed by atoms with E-state index >= 15 is 0 Å². The highest BCUT2D eigenvalue weighted by molar-refractivity contribution is 7.09. The summed E-state index contributed by atoms with van der Waals surface area (Å²) < 4.78 is 9.72. The Hall–Kier alpha value is -0.680. The Morgan fingerprint density at radius 1 is 1.56 bits per heavy atom. The van der Waals surface area contributed by atoms with Gasteiger partial charge in [0.2, 0.25) is 5.13 Å². The minimum absolute atomic E-state index is 0.618. The molecule has 1 aliphatic heterocycles. The highest BCUT2D eigenvalue weighted by Crippen LogP contribution is 2.19. The van der Waals surface area contributed by atoms with E-state index in [0.717, 1.165) is 43.6 Å². The Bertz CT molecular complexity index is 321. The second-order valence-corrected chi connectivity index (χ2v) is 5.48. The normalized spacial score (nSPS) is 20.6. The quantitative estimate of drug-likeness (QED) is 0.858. The van der Waals surface area contributed by atoms with Gasteiger partial charge in [-0.25, -0.2) is 4.98 Å². The second kappa shape index (κ2) is 5.59. The van der Waals surface area contributed by atoms with E-state index < -0.39 is 0 Å². The van der Waals surface area contributed by atoms with Gasteiger partial charge in [-0.05, 0) is 18.3 Å². The number of anilines is 1. The zero-order chi connectivity index (χ0) is 11.4. The van der Waals surface area contributed by atoms with Gasteiger partial charge < -0.3 is 10.1 Å². The van der Waals surface area contributed by atoms with Crippen molar-refractivity contribution in [1.29, 1.82) is 0 Å². The molecular weight excluding hydrogens is 222 g/mol. The van der Waals surface area contributed by atoms with Crippen LogP contribution < -0.4 is 5.32 Å². The van der Waals surface area contributed by atoms with E-state index in [1.54, 1.807) is 0 Å². The van der Waals surface area contributed by atoms with Gasteiger partial charge in [-0.3, -0.25) is 0 Å². The predicted octanol–water partition coefficient (Wildman–Crippen LogP) is 2.19. The molecule has 0 amide bonds. The zero-order valence-electron chi connectivity index (χ0n) is 9.90. The van der Waals surface area contributed by atoms with E-state index in [1.165, 1.54) is 11.5 Å². The maximum atomic E-state index is 5.35. The lowest BCUT2D eigenvalue weighted by Gasteiger charge is -2.04. The van der Waals surface area contributed by atoms with Crippen molar-refractivity contribution in [2.24, 2.45) is 11.8 Å². The lowest BCUT2D eigenvalue weighted by molar-refractivity contribution is 0.185. The molecule has 0 bridgehead atoms. The van der Waals surface area contributed by atoms with Crippen LogP contribution in [0.2, 0.25) is 0 Å². The highest BCUT2D eigenvalue weighted by atomic mass is 32.1. The van der Waals surface area contributed by atoms with E-state index in [4.69, 9.17) is 4.74 Å². The molecule has 0 aromatic carbocycles. The number of aromatic nitrogens is 2. The van der Waals surface area contributed by atoms with Gasteiger partial charge in [0.15, 0.2) is 0 Å². The lowest BCUT2D eigenvalue weighted by Crippen LogP contribution is -2.08. The summed E-state index contributed by atoms with van der Waals surface area (Å²) in [6.07, 6.45) is 2.10. The molecule has 1 fully saturated rings. The number of nitrogens with one attached hydrogen (secondary N) is 1. The molecule has 0 radical (unpaired) electrons. The van der Waals surface area contributed by atoms with Gasteiger partial charge in [0.1, 0.15) is 5.82 Å². The van der Waals surface area contributed by atoms with Crippen LogP contribution in [0.5, 0.6) is 0 Å². The van der Waals surface area contributed by atoms with Crippen LogP contribution in [0.4, 0.5) is 5.13 Å². The Labute approximate surface area is 101 Å². The number of hydrogen-bond donors (Lipinski definition) is 1. The molecule has 16 heavy (non-hydrogen) atoms. The van der Waals surface area contributed by atoms with E-state index in [-0.39, 0.29) is 0 Å². The highest BCUT2D eigenvalue weighted by Gasteiger charge is 2.18. The van der Waals surface area contributed by atoms with Crippen LogP contribution in [0.1, 0.15) is 26.1 Å². The van der Waals surface area contributed by atoms with Crippen molar-refractivity contribution in [1.82, 2.24) is 9.36 Å². The molecular formula is C11H19N3OS. The van der Waals surface area contributed by atoms with Crippen molar-refractivity contribution in [2.75, 3.05) is 25.1 Å². The second-order valence-electron chi connectivity index (χ2n) is 4.72. The third kappa shape index (κ3) is 3.42. The summed E-state index contributed by atoms with van der Waals surface area (Å²) in [6.45, 7) is 7.10. The molecule has 1 unspecified atom stereocenters. The van der Waals surface area contributed by atoms with Crippen molar-refractivity contribution in [3.05, 3.63) is 5.82 Å². The van der Waals surface area contributed by atoms with Crippen molar-refractivity contribution >= 4 is 16.7 Å². The average Bonchev–Trinajstić information content (AvgIpc) is 2.87. The Kier molecular flexibility index (Phi) is 4.12. The van der Waals surface area contributed by atoms with Gasteiger partial charge in [-0.15, -0.1) is 0 Å². The summed E-state index contributed by atoms with van der Waals surface area (Å²) in [5, 5.41) is 4.25. The first-order valence-corrected chi connectivity index (χ1v) is 6.65. The standard InChI is InChI=1S/C11H19N3OS/c1-8(2)6-12-11-13-10(14-16-11)5-9-3-4-15-7-9/h8-9H,3-7H2,1-2H3,(H,12,13,14). The van der Waals surface area contributed by atoms with Crippen molar-refractivity contribution in [2.45, 2.75) is 26.7 Å². The van der Waals surface area contributed by atoms with E-state index in [2.05, 4.69) is 28.5 Å². The van der Waals surface area contributed by atoms with Crippen molar-refractivity contribution in [3.63, 3.8) is 0 Å². The number of ether oxygens (including phenoxy) is 1. The Morgan fingerprint density at radius 3 is 3.12 bits per heavy atom. The summed E-state index contributed by atoms with van der Waals surface area (Å²) in [6, 6.07) is 0. The van der Waals surface area contributed by atoms with Crippen LogP contribution in [-0.2, 0) is 11.2 Å². The first kappa shape index (κ1) is 11.8. The maximum Gasteiger partial charge on any atom is 0.202 e. The van der Waals surface area contributed by atoms with Crippen molar-refractivity contribution in [3.8, 4) is 0 Å². The summed E-state index contributed by atoms with van der Waals surface area (Å²) in [7, 11) is 0. The molecule has 1 atom stereocenters. The van der Waals surface area contributed by atoms with Gasteiger partial charge in [-0.2, -0.15) is 4.37 Å². The summed E-state index contributed by atoms with van der Waals surface area (Å²) in [5.74, 6) is 2.22. The number of nitrogens with zero attached hydrogens (tertiary/aromatic N) is 2. The molecule has 2 heterocycles. The SMILES string of the molecule is CC(C)CNc1nc(CC2CCOC2)ns1. The zero-order valence-corrected chi connectivity index (χ0v) is 10.7. The molecule has 1 saturated heterocycles. The number of rotatable bonds is 5. The van der Waals surface area contributed by atoms with Gasteiger partial charge >= 0.3 is 0 Å². The topological polar surface area (TPSA) is 47.0 Å². The Morgan fingerprint density at radius 2 is 2.44 bits per heavy atom. The minimum atomic E-state index is 0.618. The van der Waals surface area contributed by atoms with Gasteiger partial charge in [-0.1, -0.05) is 13.8 Å².